The van der Waals surface area contributed by atoms with Gasteiger partial charge < -0.3 is 15.3 Å². The van der Waals surface area contributed by atoms with Crippen LogP contribution in [0.3, 0.4) is 0 Å². The zero-order chi connectivity index (χ0) is 11.3. The summed E-state index contributed by atoms with van der Waals surface area (Å²) in [5.74, 6) is -4.95. The summed E-state index contributed by atoms with van der Waals surface area (Å²) in [7, 11) is 0. The Labute approximate surface area is 79.5 Å². The van der Waals surface area contributed by atoms with E-state index in [1.807, 2.05) is 0 Å². The molecule has 0 aliphatic rings. The summed E-state index contributed by atoms with van der Waals surface area (Å²) in [5, 5.41) is 25.3. The molecule has 0 aromatic carbocycles. The number of aliphatic carboxylic acids is 3. The maximum atomic E-state index is 10.4. The standard InChI is InChI=1S/C8H10O6/c1-4(8(13)14)5(2-6(9)10)3-7(11)12/h5H,1-3H2,(H,9,10)(H,11,12)(H,13,14). The lowest BCUT2D eigenvalue weighted by Crippen LogP contribution is -2.18. The number of carbonyl (C=O) groups is 3. The number of hydrogen-bond donors (Lipinski definition) is 3. The van der Waals surface area contributed by atoms with Gasteiger partial charge in [0.25, 0.3) is 0 Å². The minimum Gasteiger partial charge on any atom is -0.481 e. The van der Waals surface area contributed by atoms with Gasteiger partial charge in [0.15, 0.2) is 0 Å². The molecule has 0 aromatic heterocycles. The first-order valence-corrected chi connectivity index (χ1v) is 3.70. The van der Waals surface area contributed by atoms with Crippen molar-refractivity contribution in [1.82, 2.24) is 0 Å². The van der Waals surface area contributed by atoms with Crippen LogP contribution < -0.4 is 0 Å². The molecular formula is C8H10O6. The Hall–Kier alpha value is -1.85. The van der Waals surface area contributed by atoms with Crippen LogP contribution in [0.25, 0.3) is 0 Å². The highest BCUT2D eigenvalue weighted by atomic mass is 16.4. The number of rotatable bonds is 6. The van der Waals surface area contributed by atoms with Crippen molar-refractivity contribution in [3.8, 4) is 0 Å². The predicted octanol–water partition coefficient (Wildman–Crippen LogP) is 0.193. The first-order chi connectivity index (χ1) is 6.34. The second kappa shape index (κ2) is 5.00. The highest BCUT2D eigenvalue weighted by Gasteiger charge is 2.23. The van der Waals surface area contributed by atoms with Gasteiger partial charge in [0.05, 0.1) is 12.8 Å². The molecule has 0 amide bonds. The van der Waals surface area contributed by atoms with E-state index in [9.17, 15) is 14.4 Å². The molecule has 0 saturated heterocycles. The van der Waals surface area contributed by atoms with E-state index in [-0.39, 0.29) is 0 Å². The molecule has 0 fully saturated rings. The van der Waals surface area contributed by atoms with Gasteiger partial charge in [-0.15, -0.1) is 0 Å². The lowest BCUT2D eigenvalue weighted by Gasteiger charge is -2.11. The molecule has 0 bridgehead atoms. The van der Waals surface area contributed by atoms with Crippen molar-refractivity contribution in [2.75, 3.05) is 0 Å². The average molecular weight is 202 g/mol. The van der Waals surface area contributed by atoms with Gasteiger partial charge >= 0.3 is 17.9 Å². The molecular weight excluding hydrogens is 192 g/mol. The fraction of sp³-hybridized carbons (Fsp3) is 0.375. The summed E-state index contributed by atoms with van der Waals surface area (Å²) in [5.41, 5.74) is -0.394. The van der Waals surface area contributed by atoms with Crippen LogP contribution in [0.1, 0.15) is 12.8 Å². The lowest BCUT2D eigenvalue weighted by atomic mass is 9.93. The van der Waals surface area contributed by atoms with Crippen LogP contribution in [0.2, 0.25) is 0 Å². The molecule has 0 aliphatic carbocycles. The number of carboxylic acids is 3. The molecule has 0 atom stereocenters. The molecule has 3 N–H and O–H groups in total. The van der Waals surface area contributed by atoms with Crippen LogP contribution >= 0.6 is 0 Å². The molecule has 78 valence electrons. The third kappa shape index (κ3) is 4.24. The van der Waals surface area contributed by atoms with Crippen molar-refractivity contribution in [2.45, 2.75) is 12.8 Å². The van der Waals surface area contributed by atoms with Crippen molar-refractivity contribution < 1.29 is 29.7 Å². The summed E-state index contributed by atoms with van der Waals surface area (Å²) in [6.45, 7) is 3.13. The first-order valence-electron chi connectivity index (χ1n) is 3.70. The SMILES string of the molecule is C=C(C(=O)O)C(CC(=O)O)CC(=O)O. The van der Waals surface area contributed by atoms with Crippen molar-refractivity contribution in [3.63, 3.8) is 0 Å². The molecule has 0 radical (unpaired) electrons. The van der Waals surface area contributed by atoms with Crippen LogP contribution in [0.5, 0.6) is 0 Å². The summed E-state index contributed by atoms with van der Waals surface area (Å²) in [6.07, 6.45) is -1.09. The van der Waals surface area contributed by atoms with E-state index in [0.717, 1.165) is 0 Å². The van der Waals surface area contributed by atoms with Gasteiger partial charge in [-0.2, -0.15) is 0 Å². The fourth-order valence-corrected chi connectivity index (χ4v) is 0.915. The average Bonchev–Trinajstić information content (AvgIpc) is 1.99. The Morgan fingerprint density at radius 1 is 1.00 bits per heavy atom. The minimum atomic E-state index is -1.38. The van der Waals surface area contributed by atoms with Gasteiger partial charge in [-0.25, -0.2) is 4.79 Å². The molecule has 0 spiro atoms. The molecule has 0 unspecified atom stereocenters. The van der Waals surface area contributed by atoms with Gasteiger partial charge in [0, 0.05) is 11.5 Å². The summed E-state index contributed by atoms with van der Waals surface area (Å²) in [4.78, 5) is 31.0. The van der Waals surface area contributed by atoms with Crippen LogP contribution in [0, 0.1) is 5.92 Å². The Kier molecular flexibility index (Phi) is 4.34. The van der Waals surface area contributed by atoms with E-state index in [4.69, 9.17) is 15.3 Å². The molecule has 0 rings (SSSR count). The Bertz CT molecular complexity index is 264. The summed E-state index contributed by atoms with van der Waals surface area (Å²) < 4.78 is 0. The maximum Gasteiger partial charge on any atom is 0.331 e. The van der Waals surface area contributed by atoms with Crippen LogP contribution in [0.4, 0.5) is 0 Å². The van der Waals surface area contributed by atoms with Crippen LogP contribution in [-0.4, -0.2) is 33.2 Å². The predicted molar refractivity (Wildman–Crippen MR) is 44.8 cm³/mol. The number of hydrogen-bond acceptors (Lipinski definition) is 3. The van der Waals surface area contributed by atoms with E-state index in [2.05, 4.69) is 6.58 Å². The van der Waals surface area contributed by atoms with E-state index in [1.165, 1.54) is 0 Å². The smallest absolute Gasteiger partial charge is 0.331 e. The highest BCUT2D eigenvalue weighted by molar-refractivity contribution is 5.88. The third-order valence-electron chi connectivity index (χ3n) is 1.61. The van der Waals surface area contributed by atoms with Gasteiger partial charge in [0.2, 0.25) is 0 Å². The fourth-order valence-electron chi connectivity index (χ4n) is 0.915. The first kappa shape index (κ1) is 12.2. The third-order valence-corrected chi connectivity index (χ3v) is 1.61. The van der Waals surface area contributed by atoms with Crippen molar-refractivity contribution in [3.05, 3.63) is 12.2 Å². The van der Waals surface area contributed by atoms with E-state index < -0.39 is 42.2 Å². The maximum absolute atomic E-state index is 10.4. The molecule has 6 heteroatoms. The molecule has 0 aliphatic heterocycles. The topological polar surface area (TPSA) is 112 Å². The zero-order valence-corrected chi connectivity index (χ0v) is 7.27. The van der Waals surface area contributed by atoms with Gasteiger partial charge in [-0.1, -0.05) is 6.58 Å². The van der Waals surface area contributed by atoms with E-state index in [1.54, 1.807) is 0 Å². The van der Waals surface area contributed by atoms with Crippen molar-refractivity contribution in [2.24, 2.45) is 5.92 Å². The summed E-state index contributed by atoms with van der Waals surface area (Å²) >= 11 is 0. The molecule has 0 aromatic rings. The molecule has 14 heavy (non-hydrogen) atoms. The molecule has 0 saturated carbocycles. The molecule has 0 heterocycles. The van der Waals surface area contributed by atoms with E-state index in [0.29, 0.717) is 0 Å². The monoisotopic (exact) mass is 202 g/mol. The number of carboxylic acid groups (broad SMARTS) is 3. The largest absolute Gasteiger partial charge is 0.481 e. The Morgan fingerprint density at radius 3 is 1.57 bits per heavy atom. The van der Waals surface area contributed by atoms with Crippen molar-refractivity contribution >= 4 is 17.9 Å². The van der Waals surface area contributed by atoms with Gasteiger partial charge in [-0.05, 0) is 0 Å². The minimum absolute atomic E-state index is 0.394. The van der Waals surface area contributed by atoms with Crippen LogP contribution in [-0.2, 0) is 14.4 Å². The molecule has 6 nitrogen and oxygen atoms in total. The van der Waals surface area contributed by atoms with E-state index >= 15 is 0 Å². The highest BCUT2D eigenvalue weighted by Crippen LogP contribution is 2.18. The summed E-state index contributed by atoms with van der Waals surface area (Å²) in [6, 6.07) is 0. The van der Waals surface area contributed by atoms with Gasteiger partial charge in [0.1, 0.15) is 0 Å². The second-order valence-electron chi connectivity index (χ2n) is 2.72. The Balaban J connectivity index is 4.54. The van der Waals surface area contributed by atoms with Gasteiger partial charge in [-0.3, -0.25) is 9.59 Å². The van der Waals surface area contributed by atoms with Crippen LogP contribution in [0.15, 0.2) is 12.2 Å². The second-order valence-corrected chi connectivity index (χ2v) is 2.72. The lowest BCUT2D eigenvalue weighted by molar-refractivity contribution is -0.140. The normalized spacial score (nSPS) is 9.79. The van der Waals surface area contributed by atoms with Crippen molar-refractivity contribution in [1.29, 1.82) is 0 Å². The Morgan fingerprint density at radius 2 is 1.36 bits per heavy atom. The zero-order valence-electron chi connectivity index (χ0n) is 7.27. The quantitative estimate of drug-likeness (QED) is 0.530.